The molecule has 1 rings (SSSR count). The lowest BCUT2D eigenvalue weighted by Crippen LogP contribution is -2.03. The van der Waals surface area contributed by atoms with Crippen LogP contribution in [0.3, 0.4) is 0 Å². The number of carbonyl (C=O) groups excluding carboxylic acids is 2. The molecule has 0 aliphatic heterocycles. The van der Waals surface area contributed by atoms with Crippen molar-refractivity contribution in [1.29, 1.82) is 0 Å². The fourth-order valence-electron chi connectivity index (χ4n) is 1.45. The maximum atomic E-state index is 10.7. The molecule has 4 heteroatoms. The Bertz CT molecular complexity index is 395. The van der Waals surface area contributed by atoms with Crippen LogP contribution in [0.1, 0.15) is 37.8 Å². The van der Waals surface area contributed by atoms with Crippen LogP contribution >= 0.6 is 0 Å². The molecule has 20 heavy (non-hydrogen) atoms. The van der Waals surface area contributed by atoms with Gasteiger partial charge in [-0.3, -0.25) is 9.59 Å². The first kappa shape index (κ1) is 18.3. The number of aliphatic hydroxyl groups excluding tert-OH is 1. The molecule has 1 aromatic carbocycles. The average Bonchev–Trinajstić information content (AvgIpc) is 2.40. The van der Waals surface area contributed by atoms with Crippen molar-refractivity contribution in [2.75, 3.05) is 13.2 Å². The van der Waals surface area contributed by atoms with Crippen molar-refractivity contribution in [2.45, 2.75) is 40.0 Å². The van der Waals surface area contributed by atoms with E-state index < -0.39 is 0 Å². The van der Waals surface area contributed by atoms with Crippen molar-refractivity contribution in [3.8, 4) is 0 Å². The molecule has 0 fully saturated rings. The summed E-state index contributed by atoms with van der Waals surface area (Å²) < 4.78 is 4.59. The summed E-state index contributed by atoms with van der Waals surface area (Å²) in [6.07, 6.45) is 1.38. The third-order valence-corrected chi connectivity index (χ3v) is 2.42. The third-order valence-electron chi connectivity index (χ3n) is 2.42. The number of Topliss-reactive ketones (excluding diaryl/α,β-unsaturated/α-hetero) is 1. The van der Waals surface area contributed by atoms with E-state index in [1.165, 1.54) is 5.56 Å². The van der Waals surface area contributed by atoms with E-state index in [4.69, 9.17) is 5.11 Å². The second-order valence-corrected chi connectivity index (χ2v) is 4.50. The molecule has 0 atom stereocenters. The maximum Gasteiger partial charge on any atom is 0.305 e. The molecule has 0 heterocycles. The number of esters is 1. The minimum atomic E-state index is -0.230. The molecule has 0 aromatic heterocycles. The zero-order chi connectivity index (χ0) is 15.4. The lowest BCUT2D eigenvalue weighted by Gasteiger charge is -1.97. The van der Waals surface area contributed by atoms with E-state index in [2.05, 4.69) is 4.74 Å². The zero-order valence-electron chi connectivity index (χ0n) is 12.5. The van der Waals surface area contributed by atoms with Crippen molar-refractivity contribution in [2.24, 2.45) is 0 Å². The summed E-state index contributed by atoms with van der Waals surface area (Å²) in [5.41, 5.74) is 2.33. The van der Waals surface area contributed by atoms with Crippen LogP contribution in [0, 0.1) is 6.92 Å². The van der Waals surface area contributed by atoms with Gasteiger partial charge in [0.2, 0.25) is 0 Å². The second kappa shape index (κ2) is 11.2. The molecule has 0 bridgehead atoms. The summed E-state index contributed by atoms with van der Waals surface area (Å²) in [7, 11) is 0. The van der Waals surface area contributed by atoms with Crippen molar-refractivity contribution >= 4 is 11.8 Å². The summed E-state index contributed by atoms with van der Waals surface area (Å²) in [6, 6.07) is 8.05. The normalized spacial score (nSPS) is 9.40. The third kappa shape index (κ3) is 10.3. The van der Waals surface area contributed by atoms with Gasteiger partial charge in [-0.15, -0.1) is 0 Å². The van der Waals surface area contributed by atoms with Crippen LogP contribution in [0.5, 0.6) is 0 Å². The van der Waals surface area contributed by atoms with Gasteiger partial charge in [0.05, 0.1) is 6.61 Å². The summed E-state index contributed by atoms with van der Waals surface area (Å²) in [5.74, 6) is -0.0135. The van der Waals surface area contributed by atoms with Crippen molar-refractivity contribution in [3.05, 3.63) is 35.4 Å². The highest BCUT2D eigenvalue weighted by Gasteiger charge is 1.98. The molecule has 4 nitrogen and oxygen atoms in total. The zero-order valence-corrected chi connectivity index (χ0v) is 12.5. The number of benzene rings is 1. The minimum Gasteiger partial charge on any atom is -0.466 e. The number of hydrogen-bond donors (Lipinski definition) is 1. The first-order chi connectivity index (χ1) is 9.49. The molecule has 0 spiro atoms. The Hall–Kier alpha value is -1.68. The molecule has 0 aliphatic carbocycles. The van der Waals surface area contributed by atoms with E-state index in [9.17, 15) is 9.59 Å². The maximum absolute atomic E-state index is 10.7. The number of ether oxygens (including phenoxy) is 1. The van der Waals surface area contributed by atoms with E-state index in [1.54, 1.807) is 13.8 Å². The molecule has 0 saturated carbocycles. The molecule has 1 N–H and O–H groups in total. The Kier molecular flexibility index (Phi) is 10.2. The van der Waals surface area contributed by atoms with Gasteiger partial charge in [-0.2, -0.15) is 0 Å². The van der Waals surface area contributed by atoms with Crippen molar-refractivity contribution in [3.63, 3.8) is 0 Å². The Balaban J connectivity index is 0.000000370. The van der Waals surface area contributed by atoms with Gasteiger partial charge in [-0.05, 0) is 32.8 Å². The number of ketones is 1. The number of carbonyl (C=O) groups is 2. The highest BCUT2D eigenvalue weighted by atomic mass is 16.5. The number of rotatable bonds is 6. The van der Waals surface area contributed by atoms with E-state index in [1.807, 2.05) is 31.2 Å². The molecule has 0 unspecified atom stereocenters. The number of aryl methyl sites for hydroxylation is 1. The van der Waals surface area contributed by atoms with Gasteiger partial charge in [0.25, 0.3) is 0 Å². The molecule has 1 aromatic rings. The Morgan fingerprint density at radius 2 is 1.80 bits per heavy atom. The first-order valence-electron chi connectivity index (χ1n) is 6.81. The predicted octanol–water partition coefficient (Wildman–Crippen LogP) is 2.45. The quantitative estimate of drug-likeness (QED) is 0.813. The van der Waals surface area contributed by atoms with Gasteiger partial charge in [0, 0.05) is 19.4 Å². The van der Waals surface area contributed by atoms with Gasteiger partial charge in [0.15, 0.2) is 0 Å². The Morgan fingerprint density at radius 3 is 2.25 bits per heavy atom. The van der Waals surface area contributed by atoms with Gasteiger partial charge < -0.3 is 9.84 Å². The predicted molar refractivity (Wildman–Crippen MR) is 78.5 cm³/mol. The van der Waals surface area contributed by atoms with Crippen LogP contribution in [-0.4, -0.2) is 30.1 Å². The highest BCUT2D eigenvalue weighted by Crippen LogP contribution is 2.03. The second-order valence-electron chi connectivity index (χ2n) is 4.50. The highest BCUT2D eigenvalue weighted by molar-refractivity contribution is 5.78. The molecule has 112 valence electrons. The lowest BCUT2D eigenvalue weighted by molar-refractivity contribution is -0.143. The standard InChI is InChI=1S/C10H12O.C6H12O3/c1-8-3-5-10(6-4-8)7-9(2)11;1-2-9-6(8)4-3-5-7/h3-6H,7H2,1-2H3;7H,2-5H2,1H3. The van der Waals surface area contributed by atoms with E-state index in [0.717, 1.165) is 5.56 Å². The van der Waals surface area contributed by atoms with E-state index in [-0.39, 0.29) is 18.4 Å². The topological polar surface area (TPSA) is 63.6 Å². The molecule has 0 aliphatic rings. The van der Waals surface area contributed by atoms with Crippen LogP contribution < -0.4 is 0 Å². The van der Waals surface area contributed by atoms with Gasteiger partial charge in [-0.1, -0.05) is 29.8 Å². The molecule has 0 radical (unpaired) electrons. The smallest absolute Gasteiger partial charge is 0.305 e. The minimum absolute atomic E-state index is 0.0544. The fraction of sp³-hybridized carbons (Fsp3) is 0.500. The van der Waals surface area contributed by atoms with E-state index >= 15 is 0 Å². The largest absolute Gasteiger partial charge is 0.466 e. The number of hydrogen-bond acceptors (Lipinski definition) is 4. The van der Waals surface area contributed by atoms with Gasteiger partial charge >= 0.3 is 5.97 Å². The lowest BCUT2D eigenvalue weighted by atomic mass is 10.1. The van der Waals surface area contributed by atoms with E-state index in [0.29, 0.717) is 25.9 Å². The molecule has 0 amide bonds. The summed E-state index contributed by atoms with van der Waals surface area (Å²) in [5, 5.41) is 8.28. The van der Waals surface area contributed by atoms with Crippen molar-refractivity contribution < 1.29 is 19.4 Å². The van der Waals surface area contributed by atoms with Crippen LogP contribution in [0.15, 0.2) is 24.3 Å². The molecular formula is C16H24O4. The SMILES string of the molecule is CC(=O)Cc1ccc(C)cc1.CCOC(=O)CCCO. The molecule has 0 saturated heterocycles. The Morgan fingerprint density at radius 1 is 1.20 bits per heavy atom. The Labute approximate surface area is 120 Å². The van der Waals surface area contributed by atoms with Crippen LogP contribution in [-0.2, 0) is 20.7 Å². The fourth-order valence-corrected chi connectivity index (χ4v) is 1.45. The summed E-state index contributed by atoms with van der Waals surface area (Å²) in [6.45, 7) is 5.89. The monoisotopic (exact) mass is 280 g/mol. The number of aliphatic hydroxyl groups is 1. The average molecular weight is 280 g/mol. The summed E-state index contributed by atoms with van der Waals surface area (Å²) in [4.78, 5) is 21.2. The summed E-state index contributed by atoms with van der Waals surface area (Å²) >= 11 is 0. The van der Waals surface area contributed by atoms with Gasteiger partial charge in [-0.25, -0.2) is 0 Å². The van der Waals surface area contributed by atoms with Crippen molar-refractivity contribution in [1.82, 2.24) is 0 Å². The van der Waals surface area contributed by atoms with Crippen LogP contribution in [0.4, 0.5) is 0 Å². The first-order valence-corrected chi connectivity index (χ1v) is 6.81. The van der Waals surface area contributed by atoms with Crippen LogP contribution in [0.2, 0.25) is 0 Å². The van der Waals surface area contributed by atoms with Crippen LogP contribution in [0.25, 0.3) is 0 Å². The van der Waals surface area contributed by atoms with Gasteiger partial charge in [0.1, 0.15) is 5.78 Å². The molecular weight excluding hydrogens is 256 g/mol.